The fraction of sp³-hybridized carbons (Fsp3) is 0.500. The molecule has 0 aliphatic carbocycles. The van der Waals surface area contributed by atoms with E-state index in [9.17, 15) is 4.79 Å². The highest BCUT2D eigenvalue weighted by molar-refractivity contribution is 5.83. The molecule has 0 aromatic carbocycles. The van der Waals surface area contributed by atoms with Gasteiger partial charge >= 0.3 is 0 Å². The number of carbonyl (C=O) groups excluding carboxylic acids is 1. The Hall–Kier alpha value is -1.85. The van der Waals surface area contributed by atoms with E-state index in [1.54, 1.807) is 12.3 Å². The molecule has 0 radical (unpaired) electrons. The van der Waals surface area contributed by atoms with Crippen LogP contribution in [0.3, 0.4) is 0 Å². The van der Waals surface area contributed by atoms with E-state index in [1.807, 2.05) is 4.90 Å². The molecule has 1 aromatic heterocycles. The second-order valence-corrected chi connectivity index (χ2v) is 3.88. The van der Waals surface area contributed by atoms with Gasteiger partial charge in [-0.05, 0) is 25.3 Å². The summed E-state index contributed by atoms with van der Waals surface area (Å²) >= 11 is 0. The summed E-state index contributed by atoms with van der Waals surface area (Å²) in [5, 5.41) is 0. The van der Waals surface area contributed by atoms with Gasteiger partial charge in [-0.25, -0.2) is 4.98 Å². The zero-order chi connectivity index (χ0) is 11.5. The SMILES string of the molecule is NC(=O)C1CCCCN1c1ccnc(N)n1. The molecular formula is C10H15N5O. The Balaban J connectivity index is 2.26. The van der Waals surface area contributed by atoms with Gasteiger partial charge in [0.15, 0.2) is 0 Å². The van der Waals surface area contributed by atoms with Crippen molar-refractivity contribution < 1.29 is 4.79 Å². The first-order valence-corrected chi connectivity index (χ1v) is 5.33. The highest BCUT2D eigenvalue weighted by atomic mass is 16.1. The van der Waals surface area contributed by atoms with Crippen LogP contribution in [0, 0.1) is 0 Å². The van der Waals surface area contributed by atoms with Crippen LogP contribution in [0.15, 0.2) is 12.3 Å². The van der Waals surface area contributed by atoms with Crippen LogP contribution in [0.5, 0.6) is 0 Å². The Morgan fingerprint density at radius 2 is 2.31 bits per heavy atom. The maximum atomic E-state index is 11.3. The number of nitrogens with two attached hydrogens (primary N) is 2. The number of nitrogen functional groups attached to an aromatic ring is 1. The highest BCUT2D eigenvalue weighted by Gasteiger charge is 2.27. The zero-order valence-corrected chi connectivity index (χ0v) is 8.97. The number of carbonyl (C=O) groups is 1. The molecular weight excluding hydrogens is 206 g/mol. The van der Waals surface area contributed by atoms with Gasteiger partial charge in [-0.3, -0.25) is 4.79 Å². The molecule has 0 saturated carbocycles. The summed E-state index contributed by atoms with van der Waals surface area (Å²) in [6, 6.07) is 1.47. The van der Waals surface area contributed by atoms with Crippen LogP contribution < -0.4 is 16.4 Å². The van der Waals surface area contributed by atoms with Gasteiger partial charge in [-0.15, -0.1) is 0 Å². The van der Waals surface area contributed by atoms with Crippen molar-refractivity contribution in [2.45, 2.75) is 25.3 Å². The van der Waals surface area contributed by atoms with E-state index in [0.29, 0.717) is 5.82 Å². The van der Waals surface area contributed by atoms with Gasteiger partial charge in [0.2, 0.25) is 11.9 Å². The molecule has 1 aliphatic heterocycles. The third-order valence-corrected chi connectivity index (χ3v) is 2.79. The molecule has 0 spiro atoms. The van der Waals surface area contributed by atoms with Crippen LogP contribution in [-0.4, -0.2) is 28.5 Å². The van der Waals surface area contributed by atoms with Crippen molar-refractivity contribution in [2.24, 2.45) is 5.73 Å². The van der Waals surface area contributed by atoms with Crippen LogP contribution in [-0.2, 0) is 4.79 Å². The summed E-state index contributed by atoms with van der Waals surface area (Å²) in [4.78, 5) is 21.2. The van der Waals surface area contributed by atoms with E-state index in [0.717, 1.165) is 25.8 Å². The maximum absolute atomic E-state index is 11.3. The average Bonchev–Trinajstić information content (AvgIpc) is 2.29. The molecule has 2 rings (SSSR count). The van der Waals surface area contributed by atoms with Crippen molar-refractivity contribution >= 4 is 17.7 Å². The number of anilines is 2. The Morgan fingerprint density at radius 3 is 3.00 bits per heavy atom. The number of piperidine rings is 1. The van der Waals surface area contributed by atoms with Gasteiger partial charge in [0.1, 0.15) is 11.9 Å². The van der Waals surface area contributed by atoms with Crippen molar-refractivity contribution in [3.63, 3.8) is 0 Å². The first kappa shape index (κ1) is 10.7. The van der Waals surface area contributed by atoms with E-state index < -0.39 is 0 Å². The lowest BCUT2D eigenvalue weighted by Gasteiger charge is -2.34. The summed E-state index contributed by atoms with van der Waals surface area (Å²) in [6.07, 6.45) is 4.42. The third kappa shape index (κ3) is 2.05. The first-order chi connectivity index (χ1) is 7.68. The van der Waals surface area contributed by atoms with E-state index in [1.165, 1.54) is 0 Å². The minimum Gasteiger partial charge on any atom is -0.368 e. The molecule has 0 bridgehead atoms. The Labute approximate surface area is 93.7 Å². The molecule has 4 N–H and O–H groups in total. The molecule has 1 unspecified atom stereocenters. The Kier molecular flexibility index (Phi) is 2.89. The van der Waals surface area contributed by atoms with E-state index in [-0.39, 0.29) is 17.9 Å². The van der Waals surface area contributed by atoms with E-state index in [2.05, 4.69) is 9.97 Å². The second kappa shape index (κ2) is 4.34. The fourth-order valence-corrected chi connectivity index (χ4v) is 2.03. The third-order valence-electron chi connectivity index (χ3n) is 2.79. The summed E-state index contributed by atoms with van der Waals surface area (Å²) in [7, 11) is 0. The topological polar surface area (TPSA) is 98.1 Å². The van der Waals surface area contributed by atoms with Crippen LogP contribution in [0.2, 0.25) is 0 Å². The van der Waals surface area contributed by atoms with E-state index in [4.69, 9.17) is 11.5 Å². The Bertz CT molecular complexity index is 395. The molecule has 1 aromatic rings. The summed E-state index contributed by atoms with van der Waals surface area (Å²) in [5.74, 6) is 0.583. The monoisotopic (exact) mass is 221 g/mol. The predicted molar refractivity (Wildman–Crippen MR) is 60.6 cm³/mol. The molecule has 1 fully saturated rings. The predicted octanol–water partition coefficient (Wildman–Crippen LogP) is -0.0970. The number of aromatic nitrogens is 2. The minimum absolute atomic E-state index is 0.214. The van der Waals surface area contributed by atoms with Crippen LogP contribution in [0.25, 0.3) is 0 Å². The molecule has 1 amide bonds. The number of amides is 1. The van der Waals surface area contributed by atoms with Gasteiger partial charge in [-0.1, -0.05) is 0 Å². The quantitative estimate of drug-likeness (QED) is 0.726. The molecule has 6 heteroatoms. The van der Waals surface area contributed by atoms with Crippen LogP contribution in [0.4, 0.5) is 11.8 Å². The smallest absolute Gasteiger partial charge is 0.240 e. The van der Waals surface area contributed by atoms with Crippen molar-refractivity contribution in [3.05, 3.63) is 12.3 Å². The lowest BCUT2D eigenvalue weighted by Crippen LogP contribution is -2.48. The van der Waals surface area contributed by atoms with Crippen molar-refractivity contribution in [2.75, 3.05) is 17.2 Å². The molecule has 2 heterocycles. The number of primary amides is 1. The summed E-state index contributed by atoms with van der Waals surface area (Å²) < 4.78 is 0. The molecule has 16 heavy (non-hydrogen) atoms. The summed E-state index contributed by atoms with van der Waals surface area (Å²) in [5.41, 5.74) is 10.9. The van der Waals surface area contributed by atoms with E-state index >= 15 is 0 Å². The Morgan fingerprint density at radius 1 is 1.50 bits per heavy atom. The number of hydrogen-bond donors (Lipinski definition) is 2. The summed E-state index contributed by atoms with van der Waals surface area (Å²) in [6.45, 7) is 0.782. The molecule has 86 valence electrons. The van der Waals surface area contributed by atoms with Crippen molar-refractivity contribution in [3.8, 4) is 0 Å². The average molecular weight is 221 g/mol. The standard InChI is InChI=1S/C10H15N5O/c11-9(16)7-3-1-2-6-15(7)8-4-5-13-10(12)14-8/h4-5,7H,1-3,6H2,(H2,11,16)(H2,12,13,14). The van der Waals surface area contributed by atoms with Crippen molar-refractivity contribution in [1.82, 2.24) is 9.97 Å². The first-order valence-electron chi connectivity index (χ1n) is 5.33. The normalized spacial score (nSPS) is 20.8. The lowest BCUT2D eigenvalue weighted by molar-refractivity contribution is -0.119. The molecule has 6 nitrogen and oxygen atoms in total. The number of hydrogen-bond acceptors (Lipinski definition) is 5. The van der Waals surface area contributed by atoms with Gasteiger partial charge in [0, 0.05) is 12.7 Å². The fourth-order valence-electron chi connectivity index (χ4n) is 2.03. The zero-order valence-electron chi connectivity index (χ0n) is 8.97. The van der Waals surface area contributed by atoms with Crippen LogP contribution in [0.1, 0.15) is 19.3 Å². The molecule has 1 atom stereocenters. The highest BCUT2D eigenvalue weighted by Crippen LogP contribution is 2.22. The van der Waals surface area contributed by atoms with Gasteiger partial charge in [0.05, 0.1) is 0 Å². The minimum atomic E-state index is -0.308. The van der Waals surface area contributed by atoms with Crippen molar-refractivity contribution in [1.29, 1.82) is 0 Å². The van der Waals surface area contributed by atoms with Gasteiger partial charge in [-0.2, -0.15) is 4.98 Å². The van der Waals surface area contributed by atoms with Crippen LogP contribution >= 0.6 is 0 Å². The second-order valence-electron chi connectivity index (χ2n) is 3.88. The number of nitrogens with zero attached hydrogens (tertiary/aromatic N) is 3. The number of rotatable bonds is 2. The maximum Gasteiger partial charge on any atom is 0.240 e. The largest absolute Gasteiger partial charge is 0.368 e. The lowest BCUT2D eigenvalue weighted by atomic mass is 10.0. The molecule has 1 saturated heterocycles. The molecule has 1 aliphatic rings. The van der Waals surface area contributed by atoms with Gasteiger partial charge < -0.3 is 16.4 Å². The van der Waals surface area contributed by atoms with Gasteiger partial charge in [0.25, 0.3) is 0 Å².